The number of benzene rings is 1. The lowest BCUT2D eigenvalue weighted by Gasteiger charge is -2.35. The zero-order chi connectivity index (χ0) is 23.3. The van der Waals surface area contributed by atoms with E-state index >= 15 is 0 Å². The molecular weight excluding hydrogens is 442 g/mol. The van der Waals surface area contributed by atoms with E-state index in [9.17, 15) is 22.8 Å². The number of carbonyl (C=O) groups excluding carboxylic acids is 2. The van der Waals surface area contributed by atoms with E-state index < -0.39 is 23.0 Å². The fourth-order valence-corrected chi connectivity index (χ4v) is 4.40. The van der Waals surface area contributed by atoms with Crippen LogP contribution in [0.1, 0.15) is 41.6 Å². The summed E-state index contributed by atoms with van der Waals surface area (Å²) in [5.41, 5.74) is -4.01. The summed E-state index contributed by atoms with van der Waals surface area (Å²) in [7, 11) is 3.06. The Hall–Kier alpha value is -1.70. The monoisotopic (exact) mass is 473 g/mol. The van der Waals surface area contributed by atoms with Gasteiger partial charge in [0.2, 0.25) is 5.91 Å². The van der Waals surface area contributed by atoms with Crippen LogP contribution in [0.2, 0.25) is 0 Å². The summed E-state index contributed by atoms with van der Waals surface area (Å²) < 4.78 is 46.0. The van der Waals surface area contributed by atoms with Gasteiger partial charge in [-0.05, 0) is 49.8 Å². The average molecular weight is 473 g/mol. The van der Waals surface area contributed by atoms with E-state index in [-0.39, 0.29) is 23.5 Å². The number of amides is 2. The molecule has 0 aromatic heterocycles. The van der Waals surface area contributed by atoms with Crippen molar-refractivity contribution in [3.63, 3.8) is 0 Å². The van der Waals surface area contributed by atoms with Crippen LogP contribution in [0.4, 0.5) is 13.2 Å². The van der Waals surface area contributed by atoms with Crippen molar-refractivity contribution >= 4 is 21.1 Å². The number of rotatable bonds is 7. The van der Waals surface area contributed by atoms with E-state index in [0.717, 1.165) is 57.0 Å². The Balaban J connectivity index is 1.42. The molecule has 1 unspecified atom stereocenters. The molecule has 2 aliphatic heterocycles. The van der Waals surface area contributed by atoms with Crippen LogP contribution in [-0.2, 0) is 15.2 Å². The fraction of sp³-hybridized carbons (Fsp3) is 0.636. The number of hydrogen-bond acceptors (Lipinski definition) is 4. The van der Waals surface area contributed by atoms with E-state index in [0.29, 0.717) is 26.2 Å². The minimum atomic E-state index is -3.31. The molecule has 1 aromatic carbocycles. The fourth-order valence-electron chi connectivity index (χ4n) is 4.23. The maximum Gasteiger partial charge on any atom is 0.283 e. The molecule has 2 saturated heterocycles. The third-order valence-electron chi connectivity index (χ3n) is 6.29. The van der Waals surface area contributed by atoms with Crippen LogP contribution in [0.25, 0.3) is 0 Å². The Morgan fingerprint density at radius 3 is 2.38 bits per heavy atom. The highest BCUT2D eigenvalue weighted by Gasteiger charge is 2.28. The molecule has 0 saturated carbocycles. The lowest BCUT2D eigenvalue weighted by atomic mass is 9.96. The number of nitrogens with one attached hydrogen (secondary N) is 1. The predicted octanol–water partition coefficient (Wildman–Crippen LogP) is 2.83. The van der Waals surface area contributed by atoms with Crippen LogP contribution >= 0.6 is 9.24 Å². The third kappa shape index (κ3) is 6.90. The first-order valence-electron chi connectivity index (χ1n) is 10.9. The molecule has 10 heteroatoms. The molecule has 6 nitrogen and oxygen atoms in total. The number of likely N-dealkylation sites (tertiary alicyclic amines) is 2. The quantitative estimate of drug-likeness (QED) is 0.619. The normalized spacial score (nSPS) is 19.2. The second-order valence-electron chi connectivity index (χ2n) is 8.60. The molecular formula is C22H31F3N3O3P. The standard InChI is InChI=1S/C22H31F3N3O3P/c1-31-19-4-6-27(7-5-19)14-20(29)28-8-2-15(3-9-28)13-26-21(30)16-10-17(22(24,25)32)12-18(23)11-16/h10-12,15,19H,2-9,13-14,32H2,1H3,(H,26,30). The average Bonchev–Trinajstić information content (AvgIpc) is 2.77. The van der Waals surface area contributed by atoms with Crippen molar-refractivity contribution in [2.24, 2.45) is 5.92 Å². The SMILES string of the molecule is COC1CCN(CC(=O)N2CCC(CNC(=O)c3cc(F)cc(C(F)(F)P)c3)CC2)CC1. The smallest absolute Gasteiger partial charge is 0.283 e. The van der Waals surface area contributed by atoms with Gasteiger partial charge in [-0.25, -0.2) is 4.39 Å². The molecule has 2 amide bonds. The number of piperidine rings is 2. The van der Waals surface area contributed by atoms with E-state index in [1.807, 2.05) is 4.90 Å². The summed E-state index contributed by atoms with van der Waals surface area (Å²) in [5.74, 6) is -1.17. The number of ether oxygens (including phenoxy) is 1. The van der Waals surface area contributed by atoms with Crippen LogP contribution in [0.15, 0.2) is 18.2 Å². The van der Waals surface area contributed by atoms with Crippen molar-refractivity contribution in [2.75, 3.05) is 46.4 Å². The van der Waals surface area contributed by atoms with Crippen LogP contribution in [0, 0.1) is 11.7 Å². The molecule has 0 aliphatic carbocycles. The summed E-state index contributed by atoms with van der Waals surface area (Å²) in [4.78, 5) is 29.0. The number of nitrogens with zero attached hydrogens (tertiary/aromatic N) is 2. The summed E-state index contributed by atoms with van der Waals surface area (Å²) in [6.07, 6.45) is 3.65. The van der Waals surface area contributed by atoms with Crippen molar-refractivity contribution in [3.8, 4) is 0 Å². The minimum absolute atomic E-state index is 0.119. The Morgan fingerprint density at radius 2 is 1.78 bits per heavy atom. The lowest BCUT2D eigenvalue weighted by molar-refractivity contribution is -0.134. The lowest BCUT2D eigenvalue weighted by Crippen LogP contribution is -2.47. The van der Waals surface area contributed by atoms with Gasteiger partial charge in [0.25, 0.3) is 11.6 Å². The Morgan fingerprint density at radius 1 is 1.12 bits per heavy atom. The van der Waals surface area contributed by atoms with Gasteiger partial charge in [-0.2, -0.15) is 8.78 Å². The number of carbonyl (C=O) groups is 2. The molecule has 1 atom stereocenters. The topological polar surface area (TPSA) is 61.9 Å². The van der Waals surface area contributed by atoms with Crippen molar-refractivity contribution in [1.82, 2.24) is 15.1 Å². The zero-order valence-electron chi connectivity index (χ0n) is 18.3. The molecule has 1 N–H and O–H groups in total. The van der Waals surface area contributed by atoms with Gasteiger partial charge in [-0.3, -0.25) is 14.5 Å². The molecule has 2 aliphatic rings. The first kappa shape index (κ1) is 24.9. The highest BCUT2D eigenvalue weighted by molar-refractivity contribution is 7.17. The largest absolute Gasteiger partial charge is 0.381 e. The maximum absolute atomic E-state index is 13.7. The van der Waals surface area contributed by atoms with Crippen LogP contribution in [0.3, 0.4) is 0 Å². The Labute approximate surface area is 189 Å². The Kier molecular flexibility index (Phi) is 8.53. The van der Waals surface area contributed by atoms with Crippen LogP contribution < -0.4 is 5.32 Å². The van der Waals surface area contributed by atoms with Crippen LogP contribution in [0.5, 0.6) is 0 Å². The van der Waals surface area contributed by atoms with Gasteiger partial charge in [0.15, 0.2) is 0 Å². The second-order valence-corrected chi connectivity index (χ2v) is 9.32. The first-order chi connectivity index (χ1) is 15.2. The minimum Gasteiger partial charge on any atom is -0.381 e. The van der Waals surface area contributed by atoms with Gasteiger partial charge < -0.3 is 15.0 Å². The highest BCUT2D eigenvalue weighted by Crippen LogP contribution is 2.35. The van der Waals surface area contributed by atoms with Gasteiger partial charge in [0.1, 0.15) is 5.82 Å². The van der Waals surface area contributed by atoms with Gasteiger partial charge >= 0.3 is 0 Å². The molecule has 0 spiro atoms. The zero-order valence-corrected chi connectivity index (χ0v) is 19.4. The van der Waals surface area contributed by atoms with E-state index in [2.05, 4.69) is 10.2 Å². The predicted molar refractivity (Wildman–Crippen MR) is 118 cm³/mol. The molecule has 1 aromatic rings. The first-order valence-corrected chi connectivity index (χ1v) is 11.5. The van der Waals surface area contributed by atoms with Crippen molar-refractivity contribution in [1.29, 1.82) is 0 Å². The molecule has 32 heavy (non-hydrogen) atoms. The van der Waals surface area contributed by atoms with Gasteiger partial charge in [0.05, 0.1) is 12.6 Å². The van der Waals surface area contributed by atoms with E-state index in [1.165, 1.54) is 9.24 Å². The summed E-state index contributed by atoms with van der Waals surface area (Å²) >= 11 is 0. The maximum atomic E-state index is 13.7. The highest BCUT2D eigenvalue weighted by atomic mass is 31.0. The molecule has 2 heterocycles. The van der Waals surface area contributed by atoms with Gasteiger partial charge in [-0.1, -0.05) is 9.24 Å². The molecule has 0 bridgehead atoms. The van der Waals surface area contributed by atoms with Gasteiger partial charge in [0, 0.05) is 51.0 Å². The van der Waals surface area contributed by atoms with Crippen molar-refractivity contribution in [3.05, 3.63) is 35.1 Å². The molecule has 0 radical (unpaired) electrons. The summed E-state index contributed by atoms with van der Waals surface area (Å²) in [6.45, 7) is 3.73. The summed E-state index contributed by atoms with van der Waals surface area (Å²) in [5, 5.41) is 2.71. The van der Waals surface area contributed by atoms with Gasteiger partial charge in [-0.15, -0.1) is 0 Å². The third-order valence-corrected chi connectivity index (χ3v) is 6.62. The molecule has 178 valence electrons. The van der Waals surface area contributed by atoms with E-state index in [1.54, 1.807) is 7.11 Å². The Bertz CT molecular complexity index is 805. The number of hydrogen-bond donors (Lipinski definition) is 1. The summed E-state index contributed by atoms with van der Waals surface area (Å²) in [6, 6.07) is 2.67. The number of methoxy groups -OCH3 is 1. The molecule has 2 fully saturated rings. The number of alkyl halides is 2. The van der Waals surface area contributed by atoms with Crippen molar-refractivity contribution < 1.29 is 27.5 Å². The van der Waals surface area contributed by atoms with Crippen molar-refractivity contribution in [2.45, 2.75) is 37.5 Å². The van der Waals surface area contributed by atoms with Crippen LogP contribution in [-0.4, -0.2) is 74.1 Å². The second kappa shape index (κ2) is 10.9. The molecule has 3 rings (SSSR count). The van der Waals surface area contributed by atoms with E-state index in [4.69, 9.17) is 4.74 Å². The number of halogens is 3.